The average molecular weight is 475 g/mol. The highest BCUT2D eigenvalue weighted by Crippen LogP contribution is 2.44. The van der Waals surface area contributed by atoms with Crippen LogP contribution in [-0.4, -0.2) is 28.9 Å². The molecule has 1 N–H and O–H groups in total. The van der Waals surface area contributed by atoms with E-state index in [0.29, 0.717) is 27.5 Å². The number of anilines is 1. The molecule has 0 spiro atoms. The summed E-state index contributed by atoms with van der Waals surface area (Å²) in [5.74, 6) is -2.00. The van der Waals surface area contributed by atoms with Gasteiger partial charge in [-0.3, -0.25) is 14.5 Å². The number of aromatic nitrogens is 1. The SMILES string of the molecule is COc1ccc(/C(O)=C2\C(=O)C(=O)N(c3nc4ccc(C)cc4s3)[C@H]2c2cccc(F)c2)cc1. The minimum Gasteiger partial charge on any atom is -0.507 e. The molecule has 0 bridgehead atoms. The summed E-state index contributed by atoms with van der Waals surface area (Å²) in [6.07, 6.45) is 0. The molecular formula is C26H19FN2O4S. The lowest BCUT2D eigenvalue weighted by molar-refractivity contribution is -0.132. The van der Waals surface area contributed by atoms with Crippen molar-refractivity contribution in [3.05, 3.63) is 94.8 Å². The molecule has 0 saturated carbocycles. The third-order valence-corrected chi connectivity index (χ3v) is 6.73. The van der Waals surface area contributed by atoms with E-state index in [0.717, 1.165) is 10.3 Å². The van der Waals surface area contributed by atoms with Gasteiger partial charge in [-0.25, -0.2) is 9.37 Å². The summed E-state index contributed by atoms with van der Waals surface area (Å²) >= 11 is 1.26. The van der Waals surface area contributed by atoms with Crippen molar-refractivity contribution in [2.45, 2.75) is 13.0 Å². The monoisotopic (exact) mass is 474 g/mol. The van der Waals surface area contributed by atoms with Crippen LogP contribution >= 0.6 is 11.3 Å². The maximum Gasteiger partial charge on any atom is 0.301 e. The maximum atomic E-state index is 14.2. The number of carbonyl (C=O) groups is 2. The number of methoxy groups -OCH3 is 1. The van der Waals surface area contributed by atoms with Crippen molar-refractivity contribution in [1.29, 1.82) is 0 Å². The Morgan fingerprint density at radius 2 is 1.85 bits per heavy atom. The van der Waals surface area contributed by atoms with Crippen LogP contribution in [-0.2, 0) is 9.59 Å². The third-order valence-electron chi connectivity index (χ3n) is 5.71. The molecule has 1 atom stereocenters. The number of Topliss-reactive ketones (excluding diaryl/α,β-unsaturated/α-hetero) is 1. The molecule has 0 unspecified atom stereocenters. The zero-order valence-corrected chi connectivity index (χ0v) is 19.1. The van der Waals surface area contributed by atoms with Crippen LogP contribution in [0.3, 0.4) is 0 Å². The molecule has 4 aromatic rings. The van der Waals surface area contributed by atoms with Gasteiger partial charge in [0.15, 0.2) is 5.13 Å². The molecule has 0 radical (unpaired) electrons. The van der Waals surface area contributed by atoms with E-state index in [1.165, 1.54) is 41.5 Å². The first-order valence-corrected chi connectivity index (χ1v) is 11.3. The highest BCUT2D eigenvalue weighted by molar-refractivity contribution is 7.22. The predicted molar refractivity (Wildman–Crippen MR) is 129 cm³/mol. The van der Waals surface area contributed by atoms with Gasteiger partial charge in [0.05, 0.1) is 28.9 Å². The van der Waals surface area contributed by atoms with Crippen molar-refractivity contribution in [2.75, 3.05) is 12.0 Å². The number of carbonyl (C=O) groups excluding carboxylic acids is 2. The van der Waals surface area contributed by atoms with Gasteiger partial charge in [-0.2, -0.15) is 0 Å². The minimum absolute atomic E-state index is 0.129. The molecule has 1 fully saturated rings. The van der Waals surface area contributed by atoms with Gasteiger partial charge in [-0.1, -0.05) is 29.5 Å². The summed E-state index contributed by atoms with van der Waals surface area (Å²) in [4.78, 5) is 32.3. The van der Waals surface area contributed by atoms with Crippen molar-refractivity contribution in [3.63, 3.8) is 0 Å². The molecule has 8 heteroatoms. The molecule has 1 aromatic heterocycles. The van der Waals surface area contributed by atoms with Gasteiger partial charge >= 0.3 is 5.91 Å². The molecule has 5 rings (SSSR count). The molecule has 6 nitrogen and oxygen atoms in total. The van der Waals surface area contributed by atoms with Crippen LogP contribution in [0.1, 0.15) is 22.7 Å². The molecule has 2 heterocycles. The Morgan fingerprint density at radius 1 is 1.09 bits per heavy atom. The van der Waals surface area contributed by atoms with Crippen LogP contribution in [0.5, 0.6) is 5.75 Å². The van der Waals surface area contributed by atoms with E-state index < -0.39 is 23.5 Å². The fraction of sp³-hybridized carbons (Fsp3) is 0.115. The lowest BCUT2D eigenvalue weighted by Crippen LogP contribution is -2.29. The number of benzene rings is 3. The van der Waals surface area contributed by atoms with Gasteiger partial charge in [0, 0.05) is 5.56 Å². The maximum absolute atomic E-state index is 14.2. The second-order valence-corrected chi connectivity index (χ2v) is 8.93. The predicted octanol–water partition coefficient (Wildman–Crippen LogP) is 5.38. The molecule has 1 aliphatic heterocycles. The van der Waals surface area contributed by atoms with Gasteiger partial charge in [0.1, 0.15) is 17.3 Å². The number of thiazole rings is 1. The van der Waals surface area contributed by atoms with Gasteiger partial charge in [-0.15, -0.1) is 0 Å². The quantitative estimate of drug-likeness (QED) is 0.244. The van der Waals surface area contributed by atoms with Crippen LogP contribution in [0, 0.1) is 12.7 Å². The van der Waals surface area contributed by atoms with Crippen molar-refractivity contribution < 1.29 is 23.8 Å². The fourth-order valence-electron chi connectivity index (χ4n) is 4.05. The number of fused-ring (bicyclic) bond motifs is 1. The number of aryl methyl sites for hydroxylation is 1. The Labute approximate surface area is 198 Å². The smallest absolute Gasteiger partial charge is 0.301 e. The van der Waals surface area contributed by atoms with E-state index in [-0.39, 0.29) is 11.3 Å². The van der Waals surface area contributed by atoms with Crippen LogP contribution in [0.15, 0.2) is 72.3 Å². The minimum atomic E-state index is -1.04. The number of hydrogen-bond donors (Lipinski definition) is 1. The Balaban J connectivity index is 1.72. The van der Waals surface area contributed by atoms with Gasteiger partial charge in [0.25, 0.3) is 5.78 Å². The Morgan fingerprint density at radius 3 is 2.56 bits per heavy atom. The lowest BCUT2D eigenvalue weighted by atomic mass is 9.95. The lowest BCUT2D eigenvalue weighted by Gasteiger charge is -2.23. The van der Waals surface area contributed by atoms with Crippen LogP contribution in [0.25, 0.3) is 16.0 Å². The number of aliphatic hydroxyl groups is 1. The van der Waals surface area contributed by atoms with Crippen LogP contribution in [0.4, 0.5) is 9.52 Å². The number of ketones is 1. The van der Waals surface area contributed by atoms with Gasteiger partial charge in [-0.05, 0) is 66.6 Å². The Kier molecular flexibility index (Phi) is 5.37. The number of halogens is 1. The van der Waals surface area contributed by atoms with Crippen molar-refractivity contribution in [1.82, 2.24) is 4.98 Å². The van der Waals surface area contributed by atoms with Crippen molar-refractivity contribution in [2.24, 2.45) is 0 Å². The summed E-state index contributed by atoms with van der Waals surface area (Å²) in [5.41, 5.74) is 2.27. The van der Waals surface area contributed by atoms with Crippen molar-refractivity contribution >= 4 is 44.1 Å². The molecule has 3 aromatic carbocycles. The molecule has 170 valence electrons. The number of nitrogens with zero attached hydrogens (tertiary/aromatic N) is 2. The van der Waals surface area contributed by atoms with Gasteiger partial charge < -0.3 is 9.84 Å². The molecule has 1 amide bonds. The first kappa shape index (κ1) is 21.8. The fourth-order valence-corrected chi connectivity index (χ4v) is 5.14. The standard InChI is InChI=1S/C26H19FN2O4S/c1-14-6-11-19-20(12-14)34-26(28-19)29-22(16-4-3-5-17(27)13-16)21(24(31)25(29)32)23(30)15-7-9-18(33-2)10-8-15/h3-13,22,30H,1-2H3/b23-21+/t22-/m0/s1. The summed E-state index contributed by atoms with van der Waals surface area (Å²) in [5, 5.41) is 11.4. The molecular weight excluding hydrogens is 455 g/mol. The first-order valence-electron chi connectivity index (χ1n) is 10.5. The number of hydrogen-bond acceptors (Lipinski definition) is 6. The highest BCUT2D eigenvalue weighted by atomic mass is 32.1. The first-order chi connectivity index (χ1) is 16.4. The van der Waals surface area contributed by atoms with E-state index >= 15 is 0 Å². The van der Waals surface area contributed by atoms with Gasteiger partial charge in [0.2, 0.25) is 0 Å². The summed E-state index contributed by atoms with van der Waals surface area (Å²) in [6.45, 7) is 1.95. The number of ether oxygens (including phenoxy) is 1. The number of rotatable bonds is 4. The zero-order valence-electron chi connectivity index (χ0n) is 18.3. The van der Waals surface area contributed by atoms with Crippen LogP contribution in [0.2, 0.25) is 0 Å². The topological polar surface area (TPSA) is 79.7 Å². The molecule has 1 saturated heterocycles. The highest BCUT2D eigenvalue weighted by Gasteiger charge is 2.48. The molecule has 34 heavy (non-hydrogen) atoms. The second kappa shape index (κ2) is 8.39. The Bertz CT molecular complexity index is 1480. The summed E-state index contributed by atoms with van der Waals surface area (Å²) in [7, 11) is 1.52. The van der Waals surface area contributed by atoms with Crippen molar-refractivity contribution in [3.8, 4) is 5.75 Å². The van der Waals surface area contributed by atoms with E-state index in [9.17, 15) is 19.1 Å². The number of aliphatic hydroxyl groups excluding tert-OH is 1. The normalized spacial score (nSPS) is 17.5. The third kappa shape index (κ3) is 3.62. The van der Waals surface area contributed by atoms with Crippen LogP contribution < -0.4 is 9.64 Å². The van der Waals surface area contributed by atoms with E-state index in [4.69, 9.17) is 4.74 Å². The van der Waals surface area contributed by atoms with E-state index in [1.54, 1.807) is 30.3 Å². The summed E-state index contributed by atoms with van der Waals surface area (Å²) in [6, 6.07) is 16.8. The average Bonchev–Trinajstić information content (AvgIpc) is 3.36. The second-order valence-electron chi connectivity index (χ2n) is 7.92. The number of amides is 1. The molecule has 0 aliphatic carbocycles. The molecule has 1 aliphatic rings. The largest absolute Gasteiger partial charge is 0.507 e. The zero-order chi connectivity index (χ0) is 24.0. The Hall–Kier alpha value is -4.04. The van der Waals surface area contributed by atoms with E-state index in [1.807, 2.05) is 25.1 Å². The van der Waals surface area contributed by atoms with E-state index in [2.05, 4.69) is 4.98 Å². The summed E-state index contributed by atoms with van der Waals surface area (Å²) < 4.78 is 20.2.